The van der Waals surface area contributed by atoms with E-state index in [1.54, 1.807) is 7.11 Å². The van der Waals surface area contributed by atoms with Gasteiger partial charge in [-0.05, 0) is 49.9 Å². The van der Waals surface area contributed by atoms with Crippen molar-refractivity contribution in [3.8, 4) is 0 Å². The van der Waals surface area contributed by atoms with Gasteiger partial charge in [0.05, 0.1) is 5.69 Å². The van der Waals surface area contributed by atoms with Crippen LogP contribution in [0.1, 0.15) is 24.3 Å². The highest BCUT2D eigenvalue weighted by molar-refractivity contribution is 5.90. The number of benzene rings is 1. The van der Waals surface area contributed by atoms with Crippen LogP contribution >= 0.6 is 0 Å². The van der Waals surface area contributed by atoms with E-state index in [4.69, 9.17) is 9.26 Å². The molecule has 0 unspecified atom stereocenters. The van der Waals surface area contributed by atoms with E-state index in [0.717, 1.165) is 43.1 Å². The molecule has 1 aliphatic heterocycles. The zero-order valence-corrected chi connectivity index (χ0v) is 14.5. The van der Waals surface area contributed by atoms with Gasteiger partial charge in [-0.15, -0.1) is 0 Å². The van der Waals surface area contributed by atoms with Crippen molar-refractivity contribution >= 4 is 11.6 Å². The quantitative estimate of drug-likeness (QED) is 0.808. The van der Waals surface area contributed by atoms with Gasteiger partial charge in [0.15, 0.2) is 5.76 Å². The second-order valence-corrected chi connectivity index (χ2v) is 6.55. The fourth-order valence-electron chi connectivity index (χ4n) is 3.39. The Bertz CT molecular complexity index is 672. The number of methoxy groups -OCH3 is 1. The first-order valence-electron chi connectivity index (χ1n) is 8.73. The summed E-state index contributed by atoms with van der Waals surface area (Å²) in [7, 11) is 1.63. The minimum Gasteiger partial charge on any atom is -0.377 e. The summed E-state index contributed by atoms with van der Waals surface area (Å²) in [6, 6.07) is 11.5. The molecule has 1 amide bonds. The van der Waals surface area contributed by atoms with E-state index in [1.807, 2.05) is 36.4 Å². The number of hydrogen-bond donors (Lipinski definition) is 2. The number of hydrogen-bond acceptors (Lipinski definition) is 5. The summed E-state index contributed by atoms with van der Waals surface area (Å²) in [5, 5.41) is 10.5. The molecular weight excluding hydrogens is 318 g/mol. The Balaban J connectivity index is 1.57. The number of carbonyl (C=O) groups excluding carboxylic acids is 1. The molecule has 2 atom stereocenters. The maximum Gasteiger partial charge on any atom is 0.224 e. The van der Waals surface area contributed by atoms with Crippen LogP contribution < -0.4 is 10.6 Å². The number of aromatic nitrogens is 1. The summed E-state index contributed by atoms with van der Waals surface area (Å²) in [4.78, 5) is 12.4. The Hall–Kier alpha value is -2.18. The zero-order chi connectivity index (χ0) is 17.5. The molecule has 134 valence electrons. The minimum absolute atomic E-state index is 0.0725. The van der Waals surface area contributed by atoms with E-state index in [0.29, 0.717) is 24.9 Å². The number of rotatable bonds is 7. The lowest BCUT2D eigenvalue weighted by Gasteiger charge is -2.31. The molecule has 25 heavy (non-hydrogen) atoms. The number of ether oxygens (including phenoxy) is 1. The lowest BCUT2D eigenvalue weighted by Crippen LogP contribution is -2.39. The molecule has 2 N–H and O–H groups in total. The first-order valence-corrected chi connectivity index (χ1v) is 8.73. The number of nitrogens with zero attached hydrogens (tertiary/aromatic N) is 1. The molecule has 0 bridgehead atoms. The molecule has 1 saturated heterocycles. The smallest absolute Gasteiger partial charge is 0.224 e. The lowest BCUT2D eigenvalue weighted by atomic mass is 9.81. The van der Waals surface area contributed by atoms with Gasteiger partial charge in [0, 0.05) is 25.3 Å². The van der Waals surface area contributed by atoms with Gasteiger partial charge >= 0.3 is 0 Å². The van der Waals surface area contributed by atoms with Crippen LogP contribution in [-0.2, 0) is 22.6 Å². The molecule has 1 fully saturated rings. The highest BCUT2D eigenvalue weighted by atomic mass is 16.5. The van der Waals surface area contributed by atoms with Gasteiger partial charge in [-0.25, -0.2) is 0 Å². The highest BCUT2D eigenvalue weighted by Gasteiger charge is 2.28. The molecule has 0 radical (unpaired) electrons. The Morgan fingerprint density at radius 2 is 2.20 bits per heavy atom. The summed E-state index contributed by atoms with van der Waals surface area (Å²) >= 11 is 0. The molecule has 6 heteroatoms. The van der Waals surface area contributed by atoms with Crippen molar-refractivity contribution in [3.05, 3.63) is 47.9 Å². The third-order valence-corrected chi connectivity index (χ3v) is 4.64. The number of piperidine rings is 1. The first kappa shape index (κ1) is 17.6. The monoisotopic (exact) mass is 343 g/mol. The zero-order valence-electron chi connectivity index (χ0n) is 14.5. The topological polar surface area (TPSA) is 76.4 Å². The third kappa shape index (κ3) is 5.14. The average Bonchev–Trinajstić information content (AvgIpc) is 3.05. The number of nitrogens with one attached hydrogen (secondary N) is 2. The van der Waals surface area contributed by atoms with Gasteiger partial charge in [-0.1, -0.05) is 23.4 Å². The minimum atomic E-state index is 0.0725. The maximum atomic E-state index is 12.4. The first-order chi connectivity index (χ1) is 12.2. The Labute approximate surface area is 147 Å². The molecule has 2 aromatic rings. The van der Waals surface area contributed by atoms with Crippen molar-refractivity contribution < 1.29 is 14.1 Å². The summed E-state index contributed by atoms with van der Waals surface area (Å²) in [5.41, 5.74) is 1.77. The summed E-state index contributed by atoms with van der Waals surface area (Å²) in [6.07, 6.45) is 2.34. The van der Waals surface area contributed by atoms with E-state index in [2.05, 4.69) is 15.8 Å². The van der Waals surface area contributed by atoms with Crippen molar-refractivity contribution in [3.63, 3.8) is 0 Å². The standard InChI is InChI=1S/C19H25N3O3/c1-24-13-18-11-17(22-25-18)9-15-12-20-8-7-14(15)10-19(23)21-16-5-3-2-4-6-16/h2-6,11,14-15,20H,7-10,12-13H2,1H3,(H,21,23)/t14-,15+/m0/s1. The fourth-order valence-corrected chi connectivity index (χ4v) is 3.39. The Morgan fingerprint density at radius 1 is 1.36 bits per heavy atom. The molecule has 0 spiro atoms. The summed E-state index contributed by atoms with van der Waals surface area (Å²) in [5.74, 6) is 1.52. The van der Waals surface area contributed by atoms with E-state index in [-0.39, 0.29) is 5.91 Å². The van der Waals surface area contributed by atoms with Crippen LogP contribution in [0.25, 0.3) is 0 Å². The van der Waals surface area contributed by atoms with Gasteiger partial charge in [0.2, 0.25) is 5.91 Å². The second kappa shape index (κ2) is 8.78. The van der Waals surface area contributed by atoms with E-state index in [9.17, 15) is 4.79 Å². The molecule has 0 aliphatic carbocycles. The predicted molar refractivity (Wildman–Crippen MR) is 95.1 cm³/mol. The Morgan fingerprint density at radius 3 is 3.00 bits per heavy atom. The van der Waals surface area contributed by atoms with Crippen LogP contribution in [0.2, 0.25) is 0 Å². The second-order valence-electron chi connectivity index (χ2n) is 6.55. The van der Waals surface area contributed by atoms with Gasteiger partial charge in [-0.2, -0.15) is 0 Å². The predicted octanol–water partition coefficient (Wildman–Crippen LogP) is 2.62. The SMILES string of the molecule is COCc1cc(C[C@@H]2CNCC[C@H]2CC(=O)Nc2ccccc2)no1. The molecule has 1 aromatic carbocycles. The van der Waals surface area contributed by atoms with E-state index < -0.39 is 0 Å². The third-order valence-electron chi connectivity index (χ3n) is 4.64. The van der Waals surface area contributed by atoms with Gasteiger partial charge in [0.25, 0.3) is 0 Å². The van der Waals surface area contributed by atoms with Crippen LogP contribution in [0.3, 0.4) is 0 Å². The number of anilines is 1. The summed E-state index contributed by atoms with van der Waals surface area (Å²) < 4.78 is 10.3. The largest absolute Gasteiger partial charge is 0.377 e. The number of para-hydroxylation sites is 1. The van der Waals surface area contributed by atoms with Gasteiger partial charge in [0.1, 0.15) is 6.61 Å². The fraction of sp³-hybridized carbons (Fsp3) is 0.474. The van der Waals surface area contributed by atoms with Crippen molar-refractivity contribution in [2.24, 2.45) is 11.8 Å². The van der Waals surface area contributed by atoms with Crippen molar-refractivity contribution in [2.45, 2.75) is 25.9 Å². The van der Waals surface area contributed by atoms with Crippen LogP contribution in [0.4, 0.5) is 5.69 Å². The average molecular weight is 343 g/mol. The number of carbonyl (C=O) groups is 1. The van der Waals surface area contributed by atoms with Crippen LogP contribution in [0.5, 0.6) is 0 Å². The van der Waals surface area contributed by atoms with Crippen molar-refractivity contribution in [2.75, 3.05) is 25.5 Å². The highest BCUT2D eigenvalue weighted by Crippen LogP contribution is 2.26. The molecule has 1 aromatic heterocycles. The molecular formula is C19H25N3O3. The molecule has 1 aliphatic rings. The van der Waals surface area contributed by atoms with Crippen molar-refractivity contribution in [1.82, 2.24) is 10.5 Å². The van der Waals surface area contributed by atoms with E-state index in [1.165, 1.54) is 0 Å². The van der Waals surface area contributed by atoms with Gasteiger partial charge in [-0.3, -0.25) is 4.79 Å². The van der Waals surface area contributed by atoms with Crippen molar-refractivity contribution in [1.29, 1.82) is 0 Å². The normalized spacial score (nSPS) is 20.4. The van der Waals surface area contributed by atoms with Crippen LogP contribution in [0, 0.1) is 11.8 Å². The molecule has 3 rings (SSSR count). The number of amides is 1. The molecule has 6 nitrogen and oxygen atoms in total. The van der Waals surface area contributed by atoms with Gasteiger partial charge < -0.3 is 19.9 Å². The molecule has 0 saturated carbocycles. The van der Waals surface area contributed by atoms with E-state index >= 15 is 0 Å². The van der Waals surface area contributed by atoms with Crippen LogP contribution in [-0.4, -0.2) is 31.3 Å². The van der Waals surface area contributed by atoms with Crippen LogP contribution in [0.15, 0.2) is 40.9 Å². The lowest BCUT2D eigenvalue weighted by molar-refractivity contribution is -0.117. The summed E-state index contributed by atoms with van der Waals surface area (Å²) in [6.45, 7) is 2.28. The molecule has 2 heterocycles. The Kier molecular flexibility index (Phi) is 6.19. The maximum absolute atomic E-state index is 12.4.